The molecule has 2 aromatic rings. The maximum Gasteiger partial charge on any atom is 0.322 e. The van der Waals surface area contributed by atoms with E-state index in [2.05, 4.69) is 20.5 Å². The number of rotatable bonds is 3. The number of halogens is 1. The first kappa shape index (κ1) is 17.9. The van der Waals surface area contributed by atoms with Gasteiger partial charge in [0.15, 0.2) is 0 Å². The van der Waals surface area contributed by atoms with Gasteiger partial charge in [0.2, 0.25) is 0 Å². The smallest absolute Gasteiger partial charge is 0.319 e. The molecule has 2 aliphatic heterocycles. The molecule has 1 fully saturated rings. The average Bonchev–Trinajstić information content (AvgIpc) is 2.92. The van der Waals surface area contributed by atoms with Crippen LogP contribution in [0.5, 0.6) is 0 Å². The molecule has 1 saturated heterocycles. The van der Waals surface area contributed by atoms with E-state index in [0.29, 0.717) is 18.8 Å². The molecule has 1 N–H and O–H groups in total. The fourth-order valence-corrected chi connectivity index (χ4v) is 3.75. The molecular weight excluding hydrogens is 347 g/mol. The topological polar surface area (TPSA) is 66.3 Å². The molecule has 7 nitrogen and oxygen atoms in total. The molecule has 0 aliphatic carbocycles. The van der Waals surface area contributed by atoms with E-state index in [1.165, 1.54) is 31.4 Å². The van der Waals surface area contributed by atoms with Crippen LogP contribution in [0, 0.1) is 5.82 Å². The molecule has 4 rings (SSSR count). The SMILES string of the molecule is O=C(Nc1ccc(F)cc1)N1CCCn2nnc(CN3CCCCC3)c2C1. The molecule has 1 aromatic heterocycles. The molecule has 2 aliphatic rings. The van der Waals surface area contributed by atoms with Crippen molar-refractivity contribution in [3.05, 3.63) is 41.5 Å². The number of fused-ring (bicyclic) bond motifs is 1. The lowest BCUT2D eigenvalue weighted by molar-refractivity contribution is 0.207. The summed E-state index contributed by atoms with van der Waals surface area (Å²) in [4.78, 5) is 16.9. The van der Waals surface area contributed by atoms with E-state index in [1.54, 1.807) is 17.0 Å². The summed E-state index contributed by atoms with van der Waals surface area (Å²) >= 11 is 0. The number of anilines is 1. The van der Waals surface area contributed by atoms with E-state index in [9.17, 15) is 9.18 Å². The van der Waals surface area contributed by atoms with Crippen LogP contribution in [-0.2, 0) is 19.6 Å². The van der Waals surface area contributed by atoms with E-state index < -0.39 is 0 Å². The zero-order valence-corrected chi connectivity index (χ0v) is 15.4. The maximum atomic E-state index is 13.1. The van der Waals surface area contributed by atoms with Gasteiger partial charge in [-0.05, 0) is 56.6 Å². The molecule has 0 unspecified atom stereocenters. The van der Waals surface area contributed by atoms with Crippen LogP contribution in [0.1, 0.15) is 37.1 Å². The zero-order chi connectivity index (χ0) is 18.6. The summed E-state index contributed by atoms with van der Waals surface area (Å²) in [5.74, 6) is -0.319. The van der Waals surface area contributed by atoms with E-state index in [4.69, 9.17) is 0 Å². The molecular formula is C19H25FN6O. The van der Waals surface area contributed by atoms with Crippen molar-refractivity contribution in [1.82, 2.24) is 24.8 Å². The van der Waals surface area contributed by atoms with Crippen molar-refractivity contribution in [2.75, 3.05) is 25.0 Å². The number of amides is 2. The van der Waals surface area contributed by atoms with Gasteiger partial charge in [0.25, 0.3) is 0 Å². The largest absolute Gasteiger partial charge is 0.322 e. The summed E-state index contributed by atoms with van der Waals surface area (Å²) in [6, 6.07) is 5.64. The normalized spacial score (nSPS) is 18.0. The van der Waals surface area contributed by atoms with Crippen molar-refractivity contribution in [1.29, 1.82) is 0 Å². The fourth-order valence-electron chi connectivity index (χ4n) is 3.75. The Bertz CT molecular complexity index is 784. The highest BCUT2D eigenvalue weighted by Gasteiger charge is 2.24. The fraction of sp³-hybridized carbons (Fsp3) is 0.526. The first-order valence-corrected chi connectivity index (χ1v) is 9.64. The van der Waals surface area contributed by atoms with Crippen LogP contribution in [-0.4, -0.2) is 50.5 Å². The number of hydrogen-bond donors (Lipinski definition) is 1. The van der Waals surface area contributed by atoms with E-state index in [-0.39, 0.29) is 11.8 Å². The van der Waals surface area contributed by atoms with Crippen molar-refractivity contribution >= 4 is 11.7 Å². The summed E-state index contributed by atoms with van der Waals surface area (Å²) in [7, 11) is 0. The lowest BCUT2D eigenvalue weighted by Crippen LogP contribution is -2.35. The number of aromatic nitrogens is 3. The minimum atomic E-state index is -0.319. The minimum Gasteiger partial charge on any atom is -0.319 e. The van der Waals surface area contributed by atoms with Crippen LogP contribution in [0.2, 0.25) is 0 Å². The Labute approximate surface area is 158 Å². The van der Waals surface area contributed by atoms with E-state index in [0.717, 1.165) is 44.0 Å². The Morgan fingerprint density at radius 3 is 2.59 bits per heavy atom. The van der Waals surface area contributed by atoms with Crippen molar-refractivity contribution in [2.45, 2.75) is 45.3 Å². The van der Waals surface area contributed by atoms with Gasteiger partial charge in [-0.3, -0.25) is 4.90 Å². The summed E-state index contributed by atoms with van der Waals surface area (Å²) in [6.07, 6.45) is 4.59. The Kier molecular flexibility index (Phi) is 5.33. The summed E-state index contributed by atoms with van der Waals surface area (Å²) in [5, 5.41) is 11.6. The average molecular weight is 372 g/mol. The summed E-state index contributed by atoms with van der Waals surface area (Å²) < 4.78 is 15.0. The lowest BCUT2D eigenvalue weighted by Gasteiger charge is -2.26. The van der Waals surface area contributed by atoms with Crippen LogP contribution >= 0.6 is 0 Å². The molecule has 2 amide bonds. The number of carbonyl (C=O) groups is 1. The number of urea groups is 1. The third-order valence-electron chi connectivity index (χ3n) is 5.26. The Morgan fingerprint density at radius 1 is 1.04 bits per heavy atom. The van der Waals surface area contributed by atoms with Crippen molar-refractivity contribution in [2.24, 2.45) is 0 Å². The molecule has 0 radical (unpaired) electrons. The second-order valence-electron chi connectivity index (χ2n) is 7.25. The van der Waals surface area contributed by atoms with Gasteiger partial charge in [-0.2, -0.15) is 0 Å². The Morgan fingerprint density at radius 2 is 1.81 bits per heavy atom. The first-order valence-electron chi connectivity index (χ1n) is 9.64. The van der Waals surface area contributed by atoms with Gasteiger partial charge in [-0.1, -0.05) is 11.6 Å². The van der Waals surface area contributed by atoms with Gasteiger partial charge >= 0.3 is 6.03 Å². The van der Waals surface area contributed by atoms with E-state index in [1.807, 2.05) is 4.68 Å². The van der Waals surface area contributed by atoms with Crippen molar-refractivity contribution in [3.8, 4) is 0 Å². The van der Waals surface area contributed by atoms with Gasteiger partial charge < -0.3 is 10.2 Å². The predicted octanol–water partition coefficient (Wildman–Crippen LogP) is 2.84. The molecule has 3 heterocycles. The molecule has 144 valence electrons. The standard InChI is InChI=1S/C19H25FN6O/c20-15-5-7-16(8-6-15)21-19(27)25-11-4-12-26-18(14-25)17(22-23-26)13-24-9-2-1-3-10-24/h5-8H,1-4,9-14H2,(H,21,27). The number of piperidine rings is 1. The number of nitrogens with one attached hydrogen (secondary N) is 1. The van der Waals surface area contributed by atoms with Crippen molar-refractivity contribution in [3.63, 3.8) is 0 Å². The number of aryl methyl sites for hydroxylation is 1. The van der Waals surface area contributed by atoms with Gasteiger partial charge in [-0.25, -0.2) is 13.9 Å². The molecule has 0 bridgehead atoms. The highest BCUT2D eigenvalue weighted by Crippen LogP contribution is 2.19. The van der Waals surface area contributed by atoms with Crippen LogP contribution in [0.25, 0.3) is 0 Å². The minimum absolute atomic E-state index is 0.180. The van der Waals surface area contributed by atoms with Gasteiger partial charge in [0, 0.05) is 25.3 Å². The summed E-state index contributed by atoms with van der Waals surface area (Å²) in [5.41, 5.74) is 2.58. The third-order valence-corrected chi connectivity index (χ3v) is 5.26. The van der Waals surface area contributed by atoms with Crippen LogP contribution in [0.4, 0.5) is 14.9 Å². The van der Waals surface area contributed by atoms with E-state index >= 15 is 0 Å². The molecule has 0 saturated carbocycles. The Hall–Kier alpha value is -2.48. The molecule has 1 aromatic carbocycles. The monoisotopic (exact) mass is 372 g/mol. The van der Waals surface area contributed by atoms with Crippen LogP contribution < -0.4 is 5.32 Å². The second kappa shape index (κ2) is 8.04. The molecule has 8 heteroatoms. The molecule has 0 spiro atoms. The van der Waals surface area contributed by atoms with Crippen LogP contribution in [0.3, 0.4) is 0 Å². The quantitative estimate of drug-likeness (QED) is 0.900. The maximum absolute atomic E-state index is 13.1. The van der Waals surface area contributed by atoms with Crippen LogP contribution in [0.15, 0.2) is 24.3 Å². The first-order chi connectivity index (χ1) is 13.2. The number of nitrogens with zero attached hydrogens (tertiary/aromatic N) is 5. The van der Waals surface area contributed by atoms with Gasteiger partial charge in [0.1, 0.15) is 11.5 Å². The number of carbonyl (C=O) groups excluding carboxylic acids is 1. The molecule has 0 atom stereocenters. The Balaban J connectivity index is 1.45. The highest BCUT2D eigenvalue weighted by atomic mass is 19.1. The predicted molar refractivity (Wildman–Crippen MR) is 99.6 cm³/mol. The lowest BCUT2D eigenvalue weighted by atomic mass is 10.1. The zero-order valence-electron chi connectivity index (χ0n) is 15.4. The number of benzene rings is 1. The third kappa shape index (κ3) is 4.27. The number of likely N-dealkylation sites (tertiary alicyclic amines) is 1. The highest BCUT2D eigenvalue weighted by molar-refractivity contribution is 5.89. The van der Waals surface area contributed by atoms with Gasteiger partial charge in [-0.15, -0.1) is 5.10 Å². The second-order valence-corrected chi connectivity index (χ2v) is 7.25. The summed E-state index contributed by atoms with van der Waals surface area (Å²) in [6.45, 7) is 4.90. The van der Waals surface area contributed by atoms with Gasteiger partial charge in [0.05, 0.1) is 12.2 Å². The van der Waals surface area contributed by atoms with Crippen molar-refractivity contribution < 1.29 is 9.18 Å². The molecule has 27 heavy (non-hydrogen) atoms. The number of hydrogen-bond acceptors (Lipinski definition) is 4.